The zero-order valence-electron chi connectivity index (χ0n) is 13.9. The normalized spacial score (nSPS) is 12.4. The molecule has 5 N–H and O–H groups in total. The maximum atomic E-state index is 12.8. The van der Waals surface area contributed by atoms with Crippen molar-refractivity contribution in [1.29, 1.82) is 0 Å². The summed E-state index contributed by atoms with van der Waals surface area (Å²) in [7, 11) is -3.77. The summed E-state index contributed by atoms with van der Waals surface area (Å²) in [5, 5.41) is 14.2. The van der Waals surface area contributed by atoms with E-state index in [-0.39, 0.29) is 15.6 Å². The van der Waals surface area contributed by atoms with Crippen LogP contribution in [-0.2, 0) is 9.84 Å². The Hall–Kier alpha value is -2.33. The van der Waals surface area contributed by atoms with E-state index in [1.54, 1.807) is 0 Å². The van der Waals surface area contributed by atoms with Crippen LogP contribution in [0.25, 0.3) is 0 Å². The molecule has 1 heterocycles. The SMILES string of the molecule is CCCC(NC(=O)O)Nc1cc(S(=O)(=O)c2ccc(N)cc2)cc(Br)n1. The average Bonchev–Trinajstić information content (AvgIpc) is 2.54. The Bertz CT molecular complexity index is 888. The fraction of sp³-hybridized carbons (Fsp3) is 0.250. The Morgan fingerprint density at radius 2 is 1.92 bits per heavy atom. The topological polar surface area (TPSA) is 134 Å². The molecule has 0 aliphatic heterocycles. The van der Waals surface area contributed by atoms with Crippen molar-refractivity contribution >= 4 is 43.4 Å². The lowest BCUT2D eigenvalue weighted by molar-refractivity contribution is 0.190. The first-order valence-electron chi connectivity index (χ1n) is 7.76. The maximum absolute atomic E-state index is 12.8. The van der Waals surface area contributed by atoms with Crippen molar-refractivity contribution in [2.75, 3.05) is 11.1 Å². The standard InChI is InChI=1S/C16H19BrN4O4S/c1-2-3-14(21-16(22)23)20-15-9-12(8-13(17)19-15)26(24,25)11-6-4-10(18)5-7-11/h4-9,14,21H,2-3,18H2,1H3,(H,19,20)(H,22,23). The smallest absolute Gasteiger partial charge is 0.406 e. The van der Waals surface area contributed by atoms with Gasteiger partial charge in [-0.1, -0.05) is 13.3 Å². The number of rotatable bonds is 7. The molecule has 1 aromatic carbocycles. The van der Waals surface area contributed by atoms with Crippen molar-refractivity contribution in [2.24, 2.45) is 0 Å². The number of nitrogens with two attached hydrogens (primary N) is 1. The van der Waals surface area contributed by atoms with Gasteiger partial charge in [-0.3, -0.25) is 0 Å². The van der Waals surface area contributed by atoms with Gasteiger partial charge < -0.3 is 21.5 Å². The van der Waals surface area contributed by atoms with Crippen LogP contribution in [0.5, 0.6) is 0 Å². The van der Waals surface area contributed by atoms with Crippen LogP contribution in [0.15, 0.2) is 50.8 Å². The summed E-state index contributed by atoms with van der Waals surface area (Å²) in [6.45, 7) is 1.91. The number of hydrogen-bond acceptors (Lipinski definition) is 6. The van der Waals surface area contributed by atoms with E-state index in [0.29, 0.717) is 16.7 Å². The summed E-state index contributed by atoms with van der Waals surface area (Å²) in [5.41, 5.74) is 6.07. The second-order valence-electron chi connectivity index (χ2n) is 5.52. The van der Waals surface area contributed by atoms with Gasteiger partial charge in [0.05, 0.1) is 9.79 Å². The molecule has 0 radical (unpaired) electrons. The summed E-state index contributed by atoms with van der Waals surface area (Å²) < 4.78 is 25.9. The van der Waals surface area contributed by atoms with Crippen LogP contribution in [0.2, 0.25) is 0 Å². The predicted molar refractivity (Wildman–Crippen MR) is 102 cm³/mol. The highest BCUT2D eigenvalue weighted by atomic mass is 79.9. The van der Waals surface area contributed by atoms with Gasteiger partial charge in [-0.05, 0) is 58.7 Å². The molecule has 0 aliphatic carbocycles. The number of halogens is 1. The second kappa shape index (κ2) is 8.37. The highest BCUT2D eigenvalue weighted by Crippen LogP contribution is 2.26. The Kier molecular flexibility index (Phi) is 6.43. The molecule has 10 heteroatoms. The maximum Gasteiger partial charge on any atom is 0.406 e. The van der Waals surface area contributed by atoms with Crippen molar-refractivity contribution < 1.29 is 18.3 Å². The van der Waals surface area contributed by atoms with Gasteiger partial charge >= 0.3 is 6.09 Å². The molecule has 140 valence electrons. The number of nitrogens with one attached hydrogen (secondary N) is 2. The fourth-order valence-electron chi connectivity index (χ4n) is 2.28. The van der Waals surface area contributed by atoms with Gasteiger partial charge in [0.2, 0.25) is 9.84 Å². The van der Waals surface area contributed by atoms with E-state index in [4.69, 9.17) is 10.8 Å². The number of benzene rings is 1. The van der Waals surface area contributed by atoms with E-state index in [1.807, 2.05) is 6.92 Å². The van der Waals surface area contributed by atoms with Crippen molar-refractivity contribution in [1.82, 2.24) is 10.3 Å². The molecule has 1 atom stereocenters. The number of aromatic nitrogens is 1. The molecule has 0 bridgehead atoms. The highest BCUT2D eigenvalue weighted by molar-refractivity contribution is 9.10. The number of nitrogens with zero attached hydrogens (tertiary/aromatic N) is 1. The van der Waals surface area contributed by atoms with Crippen LogP contribution in [0.3, 0.4) is 0 Å². The van der Waals surface area contributed by atoms with Crippen molar-refractivity contribution in [2.45, 2.75) is 35.7 Å². The van der Waals surface area contributed by atoms with Crippen LogP contribution in [-0.4, -0.2) is 30.8 Å². The quantitative estimate of drug-likeness (QED) is 0.294. The molecule has 0 saturated carbocycles. The van der Waals surface area contributed by atoms with E-state index in [2.05, 4.69) is 31.5 Å². The largest absolute Gasteiger partial charge is 0.465 e. The van der Waals surface area contributed by atoms with Crippen molar-refractivity contribution in [3.8, 4) is 0 Å². The highest BCUT2D eigenvalue weighted by Gasteiger charge is 2.20. The third-order valence-corrected chi connectivity index (χ3v) is 5.62. The lowest BCUT2D eigenvalue weighted by atomic mass is 10.2. The van der Waals surface area contributed by atoms with E-state index in [0.717, 1.165) is 6.42 Å². The van der Waals surface area contributed by atoms with Gasteiger partial charge in [0.25, 0.3) is 0 Å². The lowest BCUT2D eigenvalue weighted by Crippen LogP contribution is -2.39. The number of amides is 1. The Balaban J connectivity index is 2.36. The van der Waals surface area contributed by atoms with Gasteiger partial charge in [0.1, 0.15) is 16.6 Å². The summed E-state index contributed by atoms with van der Waals surface area (Å²) in [6, 6.07) is 8.63. The summed E-state index contributed by atoms with van der Waals surface area (Å²) in [4.78, 5) is 15.2. The van der Waals surface area contributed by atoms with Crippen LogP contribution in [0, 0.1) is 0 Å². The summed E-state index contributed by atoms with van der Waals surface area (Å²) >= 11 is 3.20. The monoisotopic (exact) mass is 442 g/mol. The van der Waals surface area contributed by atoms with E-state index >= 15 is 0 Å². The van der Waals surface area contributed by atoms with Crippen LogP contribution in [0.4, 0.5) is 16.3 Å². The Morgan fingerprint density at radius 1 is 1.27 bits per heavy atom. The molecular weight excluding hydrogens is 424 g/mol. The number of nitrogen functional groups attached to an aromatic ring is 1. The molecule has 0 saturated heterocycles. The Morgan fingerprint density at radius 3 is 2.50 bits per heavy atom. The second-order valence-corrected chi connectivity index (χ2v) is 8.28. The number of carboxylic acid groups (broad SMARTS) is 1. The minimum atomic E-state index is -3.77. The molecule has 0 aliphatic rings. The van der Waals surface area contributed by atoms with Crippen LogP contribution < -0.4 is 16.4 Å². The molecular formula is C16H19BrN4O4S. The Labute approximate surface area is 159 Å². The van der Waals surface area contributed by atoms with Crippen molar-refractivity contribution in [3.05, 3.63) is 41.0 Å². The molecule has 1 unspecified atom stereocenters. The van der Waals surface area contributed by atoms with Gasteiger partial charge in [0.15, 0.2) is 0 Å². The molecule has 0 spiro atoms. The minimum Gasteiger partial charge on any atom is -0.465 e. The molecule has 2 rings (SSSR count). The van der Waals surface area contributed by atoms with Gasteiger partial charge in [-0.25, -0.2) is 18.2 Å². The molecule has 26 heavy (non-hydrogen) atoms. The molecule has 8 nitrogen and oxygen atoms in total. The third kappa shape index (κ3) is 5.09. The molecule has 2 aromatic rings. The lowest BCUT2D eigenvalue weighted by Gasteiger charge is -2.19. The van der Waals surface area contributed by atoms with E-state index in [1.165, 1.54) is 36.4 Å². The van der Waals surface area contributed by atoms with Gasteiger partial charge in [-0.15, -0.1) is 0 Å². The average molecular weight is 443 g/mol. The minimum absolute atomic E-state index is 0.0252. The molecule has 0 fully saturated rings. The number of sulfone groups is 1. The molecule has 1 amide bonds. The van der Waals surface area contributed by atoms with E-state index < -0.39 is 22.1 Å². The van der Waals surface area contributed by atoms with Crippen LogP contribution >= 0.6 is 15.9 Å². The third-order valence-electron chi connectivity index (χ3n) is 3.47. The summed E-state index contributed by atoms with van der Waals surface area (Å²) in [6.07, 6.45) is -0.532. The van der Waals surface area contributed by atoms with Gasteiger partial charge in [-0.2, -0.15) is 0 Å². The van der Waals surface area contributed by atoms with Crippen molar-refractivity contribution in [3.63, 3.8) is 0 Å². The number of carbonyl (C=O) groups is 1. The van der Waals surface area contributed by atoms with Crippen LogP contribution in [0.1, 0.15) is 19.8 Å². The predicted octanol–water partition coefficient (Wildman–Crippen LogP) is 3.06. The first kappa shape index (κ1) is 20.0. The molecule has 1 aromatic heterocycles. The number of anilines is 2. The number of hydrogen-bond donors (Lipinski definition) is 4. The zero-order valence-corrected chi connectivity index (χ0v) is 16.3. The first-order valence-corrected chi connectivity index (χ1v) is 10.0. The first-order chi connectivity index (χ1) is 12.2. The van der Waals surface area contributed by atoms with Gasteiger partial charge in [0, 0.05) is 5.69 Å². The number of pyridine rings is 1. The van der Waals surface area contributed by atoms with E-state index in [9.17, 15) is 13.2 Å². The fourth-order valence-corrected chi connectivity index (χ4v) is 4.17. The summed E-state index contributed by atoms with van der Waals surface area (Å²) in [5.74, 6) is 0.237. The zero-order chi connectivity index (χ0) is 19.3.